The Morgan fingerprint density at radius 1 is 0.711 bits per heavy atom. The van der Waals surface area contributed by atoms with E-state index in [-0.39, 0.29) is 19.8 Å². The molecule has 0 heterocycles. The Hall–Kier alpha value is -4.42. The summed E-state index contributed by atoms with van der Waals surface area (Å²) in [5.74, 6) is -0.234. The van der Waals surface area contributed by atoms with Crippen LogP contribution in [0.15, 0.2) is 108 Å². The van der Waals surface area contributed by atoms with Crippen molar-refractivity contribution in [2.24, 2.45) is 5.11 Å². The van der Waals surface area contributed by atoms with Crippen LogP contribution in [0.2, 0.25) is 0 Å². The fourth-order valence-electron chi connectivity index (χ4n) is 4.04. The molecular weight excluding hydrogens is 478 g/mol. The summed E-state index contributed by atoms with van der Waals surface area (Å²) in [5, 5.41) is 3.91. The minimum absolute atomic E-state index is 0.109. The summed E-state index contributed by atoms with van der Waals surface area (Å²) in [5.41, 5.74) is 13.9. The average molecular weight is 508 g/mol. The summed E-state index contributed by atoms with van der Waals surface area (Å²) in [6.07, 6.45) is 0.803. The molecule has 1 unspecified atom stereocenters. The van der Waals surface area contributed by atoms with E-state index in [9.17, 15) is 10.3 Å². The molecule has 1 atom stereocenters. The summed E-state index contributed by atoms with van der Waals surface area (Å²) in [7, 11) is 0. The third-order valence-electron chi connectivity index (χ3n) is 5.89. The minimum Gasteiger partial charge on any atom is -0.489 e. The van der Waals surface area contributed by atoms with Crippen LogP contribution in [0.3, 0.4) is 0 Å². The first kappa shape index (κ1) is 26.6. The number of azide groups is 1. The second-order valence-electron chi connectivity index (χ2n) is 8.71. The number of hydrogen-bond acceptors (Lipinski definition) is 5. The molecule has 7 nitrogen and oxygen atoms in total. The lowest BCUT2D eigenvalue weighted by Gasteiger charge is -2.20. The van der Waals surface area contributed by atoms with Gasteiger partial charge in [-0.05, 0) is 39.9 Å². The van der Waals surface area contributed by atoms with Crippen molar-refractivity contribution in [3.8, 4) is 5.75 Å². The minimum atomic E-state index is -0.690. The highest BCUT2D eigenvalue weighted by atomic mass is 16.5. The van der Waals surface area contributed by atoms with Crippen molar-refractivity contribution in [1.29, 1.82) is 0 Å². The molecular formula is C31H29N3O4. The van der Waals surface area contributed by atoms with Crippen molar-refractivity contribution < 1.29 is 19.0 Å². The number of carbonyl (C=O) groups excluding carboxylic acids is 1. The van der Waals surface area contributed by atoms with Gasteiger partial charge in [0.05, 0.1) is 32.3 Å². The molecule has 0 amide bonds. The first-order valence-electron chi connectivity index (χ1n) is 12.3. The smallest absolute Gasteiger partial charge is 0.129 e. The van der Waals surface area contributed by atoms with Crippen LogP contribution in [0.1, 0.15) is 33.7 Å². The number of ether oxygens (including phenoxy) is 3. The molecule has 0 saturated carbocycles. The highest BCUT2D eigenvalue weighted by molar-refractivity contribution is 5.71. The van der Waals surface area contributed by atoms with Crippen LogP contribution >= 0.6 is 0 Å². The molecule has 0 radical (unpaired) electrons. The Balaban J connectivity index is 1.58. The van der Waals surface area contributed by atoms with Crippen molar-refractivity contribution >= 4 is 12.0 Å². The molecule has 0 aliphatic carbocycles. The maximum absolute atomic E-state index is 12.2. The number of benzene rings is 4. The highest BCUT2D eigenvalue weighted by Gasteiger charge is 2.22. The van der Waals surface area contributed by atoms with E-state index in [2.05, 4.69) is 10.0 Å². The van der Waals surface area contributed by atoms with E-state index in [0.717, 1.165) is 28.5 Å². The molecule has 4 rings (SSSR count). The summed E-state index contributed by atoms with van der Waals surface area (Å²) in [4.78, 5) is 15.3. The predicted octanol–water partition coefficient (Wildman–Crippen LogP) is 7.42. The second kappa shape index (κ2) is 14.4. The van der Waals surface area contributed by atoms with Gasteiger partial charge in [-0.15, -0.1) is 0 Å². The summed E-state index contributed by atoms with van der Waals surface area (Å²) in [6, 6.07) is 32.9. The number of carbonyl (C=O) groups is 1. The van der Waals surface area contributed by atoms with Crippen LogP contribution in [-0.2, 0) is 40.7 Å². The van der Waals surface area contributed by atoms with E-state index in [4.69, 9.17) is 14.2 Å². The maximum atomic E-state index is 12.2. The fraction of sp³-hybridized carbons (Fsp3) is 0.194. The maximum Gasteiger partial charge on any atom is 0.129 e. The zero-order valence-corrected chi connectivity index (χ0v) is 21.0. The van der Waals surface area contributed by atoms with Gasteiger partial charge in [-0.2, -0.15) is 0 Å². The lowest BCUT2D eigenvalue weighted by Crippen LogP contribution is -2.12. The van der Waals surface area contributed by atoms with E-state index < -0.39 is 5.92 Å². The predicted molar refractivity (Wildman–Crippen MR) is 146 cm³/mol. The van der Waals surface area contributed by atoms with Crippen molar-refractivity contribution in [3.05, 3.63) is 141 Å². The quantitative estimate of drug-likeness (QED) is 0.0768. The van der Waals surface area contributed by atoms with Gasteiger partial charge in [0.15, 0.2) is 0 Å². The number of aldehydes is 1. The van der Waals surface area contributed by atoms with Crippen LogP contribution in [0.5, 0.6) is 5.75 Å². The van der Waals surface area contributed by atoms with Gasteiger partial charge in [-0.25, -0.2) is 0 Å². The Labute approximate surface area is 222 Å². The molecule has 4 aromatic rings. The summed E-state index contributed by atoms with van der Waals surface area (Å²) < 4.78 is 18.0. The van der Waals surface area contributed by atoms with E-state index >= 15 is 0 Å². The normalized spacial score (nSPS) is 11.4. The first-order chi connectivity index (χ1) is 18.8. The van der Waals surface area contributed by atoms with Crippen LogP contribution in [0, 0.1) is 0 Å². The number of rotatable bonds is 14. The fourth-order valence-corrected chi connectivity index (χ4v) is 4.04. The summed E-state index contributed by atoms with van der Waals surface area (Å²) >= 11 is 0. The van der Waals surface area contributed by atoms with Gasteiger partial charge in [0.25, 0.3) is 0 Å². The van der Waals surface area contributed by atoms with Gasteiger partial charge in [-0.3, -0.25) is 0 Å². The van der Waals surface area contributed by atoms with Gasteiger partial charge in [0, 0.05) is 16.2 Å². The standard InChI is InChI=1S/C31H29N3O4/c32-34-33-29-16-27(21-36-19-24-10-4-1-5-11-24)17-30(38-22-26-14-8-3-9-15-26)31(29)28(18-35)23-37-20-25-12-6-2-7-13-25/h1-18,28H,19-23H2. The second-order valence-corrected chi connectivity index (χ2v) is 8.71. The molecule has 0 N–H and O–H groups in total. The third kappa shape index (κ3) is 7.79. The Morgan fingerprint density at radius 3 is 1.79 bits per heavy atom. The molecule has 192 valence electrons. The Morgan fingerprint density at radius 2 is 1.24 bits per heavy atom. The van der Waals surface area contributed by atoms with E-state index in [1.165, 1.54) is 0 Å². The van der Waals surface area contributed by atoms with Crippen LogP contribution in [0.4, 0.5) is 5.69 Å². The van der Waals surface area contributed by atoms with Crippen molar-refractivity contribution in [1.82, 2.24) is 0 Å². The lowest BCUT2D eigenvalue weighted by molar-refractivity contribution is -0.110. The van der Waals surface area contributed by atoms with Gasteiger partial charge < -0.3 is 19.0 Å². The first-order valence-corrected chi connectivity index (χ1v) is 12.3. The SMILES string of the molecule is [N-]=[N+]=Nc1cc(COCc2ccccc2)cc(OCc2ccccc2)c1C(C=O)COCc1ccccc1. The highest BCUT2D eigenvalue weighted by Crippen LogP contribution is 2.38. The molecule has 4 aromatic carbocycles. The number of hydrogen-bond donors (Lipinski definition) is 0. The van der Waals surface area contributed by atoms with Crippen LogP contribution in [-0.4, -0.2) is 12.9 Å². The van der Waals surface area contributed by atoms with Crippen molar-refractivity contribution in [3.63, 3.8) is 0 Å². The van der Waals surface area contributed by atoms with E-state index in [0.29, 0.717) is 30.2 Å². The molecule has 0 aliphatic heterocycles. The molecule has 7 heteroatoms. The largest absolute Gasteiger partial charge is 0.489 e. The van der Waals surface area contributed by atoms with Crippen LogP contribution in [0.25, 0.3) is 10.4 Å². The van der Waals surface area contributed by atoms with Crippen molar-refractivity contribution in [2.75, 3.05) is 6.61 Å². The summed E-state index contributed by atoms with van der Waals surface area (Å²) in [6.45, 7) is 1.46. The van der Waals surface area contributed by atoms with Gasteiger partial charge in [0.2, 0.25) is 0 Å². The van der Waals surface area contributed by atoms with E-state index in [1.54, 1.807) is 6.07 Å². The molecule has 0 aliphatic rings. The number of nitrogens with zero attached hydrogens (tertiary/aromatic N) is 3. The molecule has 0 fully saturated rings. The third-order valence-corrected chi connectivity index (χ3v) is 5.89. The van der Waals surface area contributed by atoms with Gasteiger partial charge in [-0.1, -0.05) is 96.1 Å². The van der Waals surface area contributed by atoms with Crippen molar-refractivity contribution in [2.45, 2.75) is 32.3 Å². The molecule has 0 saturated heterocycles. The Kier molecular flexibility index (Phi) is 10.1. The van der Waals surface area contributed by atoms with Crippen LogP contribution < -0.4 is 4.74 Å². The zero-order valence-electron chi connectivity index (χ0n) is 21.0. The van der Waals surface area contributed by atoms with Gasteiger partial charge in [0.1, 0.15) is 18.6 Å². The topological polar surface area (TPSA) is 93.5 Å². The van der Waals surface area contributed by atoms with Gasteiger partial charge >= 0.3 is 0 Å². The zero-order chi connectivity index (χ0) is 26.4. The monoisotopic (exact) mass is 507 g/mol. The van der Waals surface area contributed by atoms with E-state index in [1.807, 2.05) is 97.1 Å². The Bertz CT molecular complexity index is 1340. The average Bonchev–Trinajstić information content (AvgIpc) is 2.96. The molecule has 0 aromatic heterocycles. The lowest BCUT2D eigenvalue weighted by atomic mass is 9.96. The molecule has 38 heavy (non-hydrogen) atoms. The molecule has 0 spiro atoms. The molecule has 0 bridgehead atoms.